The second kappa shape index (κ2) is 5.20. The molecule has 0 spiro atoms. The van der Waals surface area contributed by atoms with E-state index in [0.717, 1.165) is 18.2 Å². The predicted octanol–water partition coefficient (Wildman–Crippen LogP) is 2.11. The zero-order chi connectivity index (χ0) is 17.0. The van der Waals surface area contributed by atoms with Crippen LogP contribution in [0.1, 0.15) is 19.8 Å². The first-order chi connectivity index (χ1) is 10.6. The molecule has 23 heavy (non-hydrogen) atoms. The average molecular weight is 348 g/mol. The maximum Gasteiger partial charge on any atom is 0.263 e. The van der Waals surface area contributed by atoms with E-state index >= 15 is 0 Å². The Kier molecular flexibility index (Phi) is 3.68. The topological polar surface area (TPSA) is 75.3 Å². The highest BCUT2D eigenvalue weighted by atomic mass is 32.2. The maximum atomic E-state index is 13.8. The van der Waals surface area contributed by atoms with Crippen LogP contribution in [0.25, 0.3) is 0 Å². The molecule has 0 saturated heterocycles. The molecule has 2 aliphatic carbocycles. The van der Waals surface area contributed by atoms with Crippen LogP contribution in [-0.4, -0.2) is 26.3 Å². The van der Waals surface area contributed by atoms with E-state index in [0.29, 0.717) is 12.8 Å². The number of hydrogen-bond acceptors (Lipinski definition) is 3. The Balaban J connectivity index is 1.79. The van der Waals surface area contributed by atoms with Crippen molar-refractivity contribution in [3.05, 3.63) is 24.0 Å². The summed E-state index contributed by atoms with van der Waals surface area (Å²) in [6.45, 7) is 1.25. The molecule has 2 aliphatic rings. The van der Waals surface area contributed by atoms with Gasteiger partial charge < -0.3 is 5.32 Å². The highest BCUT2D eigenvalue weighted by Gasteiger charge is 2.69. The monoisotopic (exact) mass is 348 g/mol. The van der Waals surface area contributed by atoms with Crippen molar-refractivity contribution < 1.29 is 26.4 Å². The van der Waals surface area contributed by atoms with Crippen molar-refractivity contribution in [3.63, 3.8) is 0 Å². The van der Waals surface area contributed by atoms with E-state index in [1.165, 1.54) is 6.92 Å². The Morgan fingerprint density at radius 2 is 1.91 bits per heavy atom. The van der Waals surface area contributed by atoms with Gasteiger partial charge in [-0.2, -0.15) is 0 Å². The molecule has 2 saturated carbocycles. The standard InChI is InChI=1S/C14H15F3N2O3S/c1-7-12(14(7,16)17)13(20)18-9-4-5-10(15)11(6-9)23(21,22)19-8-2-3-8/h4-8,12,19H,2-3H2,1H3,(H,18,20)/t7-,12-/m0/s1. The Labute approximate surface area is 131 Å². The van der Waals surface area contributed by atoms with Gasteiger partial charge in [0, 0.05) is 17.6 Å². The van der Waals surface area contributed by atoms with Crippen molar-refractivity contribution in [3.8, 4) is 0 Å². The van der Waals surface area contributed by atoms with Crippen LogP contribution in [0.4, 0.5) is 18.9 Å². The summed E-state index contributed by atoms with van der Waals surface area (Å²) in [5.41, 5.74) is -0.0394. The smallest absolute Gasteiger partial charge is 0.263 e. The molecule has 1 aromatic carbocycles. The van der Waals surface area contributed by atoms with E-state index < -0.39 is 44.4 Å². The number of halogens is 3. The number of carbonyl (C=O) groups is 1. The van der Waals surface area contributed by atoms with E-state index in [1.54, 1.807) is 0 Å². The minimum atomic E-state index is -4.05. The van der Waals surface area contributed by atoms with E-state index in [-0.39, 0.29) is 11.7 Å². The van der Waals surface area contributed by atoms with E-state index in [9.17, 15) is 26.4 Å². The van der Waals surface area contributed by atoms with Crippen molar-refractivity contribution in [1.82, 2.24) is 4.72 Å². The lowest BCUT2D eigenvalue weighted by atomic mass is 10.2. The van der Waals surface area contributed by atoms with Crippen molar-refractivity contribution in [2.45, 2.75) is 36.6 Å². The normalized spacial score (nSPS) is 25.9. The molecule has 5 nitrogen and oxygen atoms in total. The van der Waals surface area contributed by atoms with Gasteiger partial charge in [-0.25, -0.2) is 26.3 Å². The van der Waals surface area contributed by atoms with Gasteiger partial charge in [-0.15, -0.1) is 0 Å². The zero-order valence-electron chi connectivity index (χ0n) is 12.1. The van der Waals surface area contributed by atoms with Crippen LogP contribution in [0.15, 0.2) is 23.1 Å². The van der Waals surface area contributed by atoms with Crippen molar-refractivity contribution >= 4 is 21.6 Å². The van der Waals surface area contributed by atoms with E-state index in [1.807, 2.05) is 0 Å². The fourth-order valence-electron chi connectivity index (χ4n) is 2.37. The minimum Gasteiger partial charge on any atom is -0.326 e. The summed E-state index contributed by atoms with van der Waals surface area (Å²) in [6.07, 6.45) is 1.37. The van der Waals surface area contributed by atoms with Gasteiger partial charge in [0.25, 0.3) is 5.92 Å². The van der Waals surface area contributed by atoms with Gasteiger partial charge in [0.15, 0.2) is 0 Å². The lowest BCUT2D eigenvalue weighted by Gasteiger charge is -2.10. The molecule has 0 aliphatic heterocycles. The highest BCUT2D eigenvalue weighted by Crippen LogP contribution is 2.55. The number of hydrogen-bond donors (Lipinski definition) is 2. The first-order valence-corrected chi connectivity index (χ1v) is 8.62. The van der Waals surface area contributed by atoms with Crippen molar-refractivity contribution in [1.29, 1.82) is 0 Å². The first kappa shape index (κ1) is 16.3. The van der Waals surface area contributed by atoms with Gasteiger partial charge in [-0.1, -0.05) is 6.92 Å². The maximum absolute atomic E-state index is 13.8. The Hall–Kier alpha value is -1.61. The Bertz CT molecular complexity index is 763. The third-order valence-corrected chi connectivity index (χ3v) is 5.62. The summed E-state index contributed by atoms with van der Waals surface area (Å²) in [6, 6.07) is 2.74. The summed E-state index contributed by atoms with van der Waals surface area (Å²) in [5.74, 6) is -7.46. The molecule has 0 radical (unpaired) electrons. The van der Waals surface area contributed by atoms with Crippen molar-refractivity contribution in [2.24, 2.45) is 11.8 Å². The molecular weight excluding hydrogens is 333 g/mol. The molecule has 9 heteroatoms. The summed E-state index contributed by atoms with van der Waals surface area (Å²) >= 11 is 0. The summed E-state index contributed by atoms with van der Waals surface area (Å²) in [7, 11) is -4.05. The Morgan fingerprint density at radius 3 is 2.43 bits per heavy atom. The summed E-state index contributed by atoms with van der Waals surface area (Å²) in [4.78, 5) is 11.2. The van der Waals surface area contributed by atoms with Crippen molar-refractivity contribution in [2.75, 3.05) is 5.32 Å². The van der Waals surface area contributed by atoms with Crippen LogP contribution in [0.2, 0.25) is 0 Å². The average Bonchev–Trinajstić information content (AvgIpc) is 3.32. The van der Waals surface area contributed by atoms with Crippen LogP contribution in [0.5, 0.6) is 0 Å². The number of rotatable bonds is 5. The van der Waals surface area contributed by atoms with E-state index in [4.69, 9.17) is 0 Å². The van der Waals surface area contributed by atoms with Gasteiger partial charge in [0.05, 0.1) is 0 Å². The second-order valence-electron chi connectivity index (χ2n) is 5.97. The third kappa shape index (κ3) is 3.07. The summed E-state index contributed by atoms with van der Waals surface area (Å²) in [5, 5.41) is 2.22. The number of benzene rings is 1. The van der Waals surface area contributed by atoms with Gasteiger partial charge in [-0.05, 0) is 31.0 Å². The molecule has 2 atom stereocenters. The van der Waals surface area contributed by atoms with Gasteiger partial charge in [0.1, 0.15) is 16.6 Å². The quantitative estimate of drug-likeness (QED) is 0.856. The summed E-state index contributed by atoms with van der Waals surface area (Å²) < 4.78 is 66.6. The largest absolute Gasteiger partial charge is 0.326 e. The minimum absolute atomic E-state index is 0.0394. The van der Waals surface area contributed by atoms with Crippen LogP contribution in [0.3, 0.4) is 0 Å². The molecule has 126 valence electrons. The fraction of sp³-hybridized carbons (Fsp3) is 0.500. The number of sulfonamides is 1. The first-order valence-electron chi connectivity index (χ1n) is 7.13. The van der Waals surface area contributed by atoms with E-state index in [2.05, 4.69) is 10.0 Å². The predicted molar refractivity (Wildman–Crippen MR) is 76.0 cm³/mol. The fourth-order valence-corrected chi connectivity index (χ4v) is 3.78. The number of anilines is 1. The van der Waals surface area contributed by atoms with Gasteiger partial charge >= 0.3 is 0 Å². The molecule has 0 unspecified atom stereocenters. The lowest BCUT2D eigenvalue weighted by Crippen LogP contribution is -2.27. The van der Waals surface area contributed by atoms with Crippen LogP contribution < -0.4 is 10.0 Å². The SMILES string of the molecule is C[C@H]1[C@@H](C(=O)Nc2ccc(F)c(S(=O)(=O)NC3CC3)c2)C1(F)F. The lowest BCUT2D eigenvalue weighted by molar-refractivity contribution is -0.119. The molecule has 0 bridgehead atoms. The number of carbonyl (C=O) groups excluding carboxylic acids is 1. The van der Waals surface area contributed by atoms with Gasteiger partial charge in [-0.3, -0.25) is 4.79 Å². The molecule has 3 rings (SSSR count). The molecular formula is C14H15F3N2O3S. The zero-order valence-corrected chi connectivity index (χ0v) is 13.0. The molecule has 2 fully saturated rings. The Morgan fingerprint density at radius 1 is 1.30 bits per heavy atom. The number of alkyl halides is 2. The molecule has 1 aromatic rings. The molecule has 1 amide bonds. The molecule has 2 N–H and O–H groups in total. The molecule has 0 heterocycles. The third-order valence-electron chi connectivity index (χ3n) is 4.08. The molecule has 0 aromatic heterocycles. The van der Waals surface area contributed by atoms with Crippen LogP contribution in [0, 0.1) is 17.7 Å². The van der Waals surface area contributed by atoms with Crippen LogP contribution in [-0.2, 0) is 14.8 Å². The van der Waals surface area contributed by atoms with Crippen LogP contribution >= 0.6 is 0 Å². The van der Waals surface area contributed by atoms with Gasteiger partial charge in [0.2, 0.25) is 15.9 Å². The number of nitrogens with one attached hydrogen (secondary N) is 2. The highest BCUT2D eigenvalue weighted by molar-refractivity contribution is 7.89. The number of amides is 1. The second-order valence-corrected chi connectivity index (χ2v) is 7.65.